The van der Waals surface area contributed by atoms with Crippen molar-refractivity contribution in [3.8, 4) is 39.9 Å². The SMILES string of the molecule is C[C@H]1O[C@H](C)[C@H](O)C2=C1C(=O)c1c(cc(O[C@@H]3O[C@H](CO)[C@@H](O)[C@H](O)[C@H]3O)cc1-c1c(O)c(O)c(O)c3c(O)c4c(cc13)[C@@H](O)[C@@H](C)O[C@@H]4C)C2=O. The highest BCUT2D eigenvalue weighted by molar-refractivity contribution is 6.31. The van der Waals surface area contributed by atoms with Crippen LogP contribution in [0.15, 0.2) is 29.3 Å². The number of aliphatic hydroxyl groups excluding tert-OH is 6. The second-order valence-electron chi connectivity index (χ2n) is 13.6. The Bertz CT molecular complexity index is 2050. The summed E-state index contributed by atoms with van der Waals surface area (Å²) in [6, 6.07) is 3.58. The molecule has 0 unspecified atom stereocenters. The molecule has 4 aliphatic rings. The van der Waals surface area contributed by atoms with Crippen molar-refractivity contribution in [2.45, 2.75) is 95.0 Å². The fraction of sp³-hybridized carbons (Fsp3) is 0.444. The van der Waals surface area contributed by atoms with Crippen LogP contribution in [0.5, 0.6) is 28.7 Å². The largest absolute Gasteiger partial charge is 0.507 e. The van der Waals surface area contributed by atoms with Crippen molar-refractivity contribution in [2.24, 2.45) is 0 Å². The van der Waals surface area contributed by atoms with Crippen LogP contribution in [0, 0.1) is 0 Å². The van der Waals surface area contributed by atoms with Crippen LogP contribution in [0.25, 0.3) is 21.9 Å². The molecule has 0 amide bonds. The highest BCUT2D eigenvalue weighted by Gasteiger charge is 2.47. The van der Waals surface area contributed by atoms with Crippen molar-refractivity contribution in [3.05, 3.63) is 51.6 Å². The number of aliphatic hydroxyl groups is 6. The van der Waals surface area contributed by atoms with Gasteiger partial charge in [0.1, 0.15) is 48.1 Å². The summed E-state index contributed by atoms with van der Waals surface area (Å²) in [6.07, 6.45) is -14.9. The standard InChI is InChI=1S/C36H38O16/c1-9-19-17(25(38)11(3)49-9)7-15-21(31(44)34(47)32(45)23(15)29(19)42)14-5-13(51-36-35(48)33(46)28(41)18(8-37)52-36)6-16-22(14)30(43)20-10(2)50-12(4)26(39)24(20)27(16)40/h5-7,9-12,18,25-26,28,33,35-39,41-42,44-48H,8H2,1-4H3/t9-,10-,11-,12-,18-,25+,26+,28-,33+,35-,36-/m1/s1. The number of benzene rings is 3. The van der Waals surface area contributed by atoms with Crippen molar-refractivity contribution in [1.82, 2.24) is 0 Å². The molecule has 3 aliphatic heterocycles. The molecule has 3 aromatic carbocycles. The van der Waals surface area contributed by atoms with Crippen LogP contribution >= 0.6 is 0 Å². The Labute approximate surface area is 294 Å². The molecular weight excluding hydrogens is 688 g/mol. The minimum Gasteiger partial charge on any atom is -0.507 e. The Morgan fingerprint density at radius 2 is 1.29 bits per heavy atom. The molecule has 16 heteroatoms. The van der Waals surface area contributed by atoms with Gasteiger partial charge in [-0.15, -0.1) is 0 Å². The van der Waals surface area contributed by atoms with Crippen LogP contribution in [0.4, 0.5) is 0 Å². The fourth-order valence-corrected chi connectivity index (χ4v) is 7.80. The number of phenolic OH excluding ortho intramolecular Hbond substituents is 4. The lowest BCUT2D eigenvalue weighted by atomic mass is 9.74. The Kier molecular flexibility index (Phi) is 8.76. The predicted molar refractivity (Wildman–Crippen MR) is 176 cm³/mol. The molecule has 1 aliphatic carbocycles. The smallest absolute Gasteiger partial charge is 0.229 e. The van der Waals surface area contributed by atoms with Gasteiger partial charge in [0, 0.05) is 44.3 Å². The predicted octanol–water partition coefficient (Wildman–Crippen LogP) is 0.865. The van der Waals surface area contributed by atoms with Crippen molar-refractivity contribution >= 4 is 22.3 Å². The minimum absolute atomic E-state index is 0.0866. The van der Waals surface area contributed by atoms with Crippen molar-refractivity contribution in [1.29, 1.82) is 0 Å². The topological polar surface area (TPSA) is 273 Å². The maximum Gasteiger partial charge on any atom is 0.229 e. The third kappa shape index (κ3) is 5.09. The molecule has 0 bridgehead atoms. The number of rotatable bonds is 4. The zero-order chi connectivity index (χ0) is 37.8. The third-order valence-corrected chi connectivity index (χ3v) is 10.5. The third-order valence-electron chi connectivity index (χ3n) is 10.5. The number of ketones is 2. The van der Waals surface area contributed by atoms with E-state index < -0.39 is 119 Å². The molecule has 1 saturated heterocycles. The normalized spacial score (nSPS) is 33.2. The first-order valence-corrected chi connectivity index (χ1v) is 16.6. The molecule has 0 aromatic heterocycles. The maximum absolute atomic E-state index is 14.5. The summed E-state index contributed by atoms with van der Waals surface area (Å²) in [5.41, 5.74) is -1.62. The van der Waals surface area contributed by atoms with Crippen LogP contribution < -0.4 is 4.74 Å². The molecule has 52 heavy (non-hydrogen) atoms. The summed E-state index contributed by atoms with van der Waals surface area (Å²) in [5, 5.41) is 108. The molecular formula is C36H38O16. The minimum atomic E-state index is -1.90. The van der Waals surface area contributed by atoms with Crippen LogP contribution in [0.3, 0.4) is 0 Å². The lowest BCUT2D eigenvalue weighted by Crippen LogP contribution is -2.60. The van der Waals surface area contributed by atoms with Crippen LogP contribution in [-0.4, -0.2) is 124 Å². The molecule has 0 saturated carbocycles. The van der Waals surface area contributed by atoms with Gasteiger partial charge in [-0.1, -0.05) is 0 Å². The molecule has 0 spiro atoms. The number of carbonyl (C=O) groups excluding carboxylic acids is 2. The van der Waals surface area contributed by atoms with Gasteiger partial charge < -0.3 is 70.0 Å². The van der Waals surface area contributed by atoms with Crippen LogP contribution in [-0.2, 0) is 14.2 Å². The Morgan fingerprint density at radius 1 is 0.654 bits per heavy atom. The number of Topliss-reactive ketones (excluding diaryl/α,β-unsaturated/α-hetero) is 2. The van der Waals surface area contributed by atoms with E-state index in [9.17, 15) is 60.7 Å². The number of fused-ring (bicyclic) bond motifs is 3. The first-order valence-electron chi connectivity index (χ1n) is 16.6. The van der Waals surface area contributed by atoms with Gasteiger partial charge in [-0.05, 0) is 51.5 Å². The van der Waals surface area contributed by atoms with Gasteiger partial charge in [0.05, 0.1) is 36.4 Å². The van der Waals surface area contributed by atoms with Crippen molar-refractivity contribution in [3.63, 3.8) is 0 Å². The van der Waals surface area contributed by atoms with Gasteiger partial charge in [0.2, 0.25) is 12.0 Å². The van der Waals surface area contributed by atoms with E-state index in [1.54, 1.807) is 13.8 Å². The highest BCUT2D eigenvalue weighted by Crippen LogP contribution is 2.57. The number of ether oxygens (including phenoxy) is 4. The lowest BCUT2D eigenvalue weighted by Gasteiger charge is -2.40. The first-order chi connectivity index (χ1) is 24.5. The molecule has 3 heterocycles. The van der Waals surface area contributed by atoms with Crippen molar-refractivity contribution < 1.29 is 79.6 Å². The number of hydrogen-bond acceptors (Lipinski definition) is 16. The number of carbonyl (C=O) groups is 2. The summed E-state index contributed by atoms with van der Waals surface area (Å²) in [5.74, 6) is -5.64. The molecule has 3 aromatic rings. The number of hydrogen-bond donors (Lipinski definition) is 10. The fourth-order valence-electron chi connectivity index (χ4n) is 7.80. The first kappa shape index (κ1) is 36.0. The van der Waals surface area contributed by atoms with Crippen LogP contribution in [0.2, 0.25) is 0 Å². The highest BCUT2D eigenvalue weighted by atomic mass is 16.7. The maximum atomic E-state index is 14.5. The second kappa shape index (κ2) is 12.6. The second-order valence-corrected chi connectivity index (χ2v) is 13.6. The van der Waals surface area contributed by atoms with Gasteiger partial charge in [-0.3, -0.25) is 9.59 Å². The summed E-state index contributed by atoms with van der Waals surface area (Å²) in [4.78, 5) is 28.8. The van der Waals surface area contributed by atoms with E-state index in [4.69, 9.17) is 18.9 Å². The van der Waals surface area contributed by atoms with E-state index in [0.717, 1.165) is 12.1 Å². The number of aromatic hydroxyl groups is 4. The van der Waals surface area contributed by atoms with Gasteiger partial charge in [-0.2, -0.15) is 0 Å². The molecule has 16 nitrogen and oxygen atoms in total. The quantitative estimate of drug-likeness (QED) is 0.167. The summed E-state index contributed by atoms with van der Waals surface area (Å²) in [6.45, 7) is 5.43. The monoisotopic (exact) mass is 726 g/mol. The van der Waals surface area contributed by atoms with Gasteiger partial charge in [-0.25, -0.2) is 0 Å². The molecule has 1 fully saturated rings. The van der Waals surface area contributed by atoms with Gasteiger partial charge >= 0.3 is 0 Å². The van der Waals surface area contributed by atoms with Gasteiger partial charge in [0.15, 0.2) is 23.1 Å². The average molecular weight is 727 g/mol. The molecule has 7 rings (SSSR count). The molecule has 10 N–H and O–H groups in total. The zero-order valence-corrected chi connectivity index (χ0v) is 28.2. The van der Waals surface area contributed by atoms with Gasteiger partial charge in [0.25, 0.3) is 0 Å². The summed E-state index contributed by atoms with van der Waals surface area (Å²) in [7, 11) is 0. The Morgan fingerprint density at radius 3 is 1.96 bits per heavy atom. The molecule has 278 valence electrons. The summed E-state index contributed by atoms with van der Waals surface area (Å²) >= 11 is 0. The lowest BCUT2D eigenvalue weighted by molar-refractivity contribution is -0.277. The van der Waals surface area contributed by atoms with E-state index in [2.05, 4.69) is 0 Å². The Hall–Kier alpha value is -4.36. The average Bonchev–Trinajstić information content (AvgIpc) is 3.09. The van der Waals surface area contributed by atoms with E-state index >= 15 is 0 Å². The van der Waals surface area contributed by atoms with Crippen molar-refractivity contribution in [2.75, 3.05) is 6.61 Å². The van der Waals surface area contributed by atoms with E-state index in [0.29, 0.717) is 0 Å². The zero-order valence-electron chi connectivity index (χ0n) is 28.2. The molecule has 11 atom stereocenters. The van der Waals surface area contributed by atoms with E-state index in [1.165, 1.54) is 19.9 Å². The summed E-state index contributed by atoms with van der Waals surface area (Å²) < 4.78 is 22.9. The Balaban J connectivity index is 1.54. The van der Waals surface area contributed by atoms with E-state index in [-0.39, 0.29) is 50.1 Å². The molecule has 0 radical (unpaired) electrons. The number of phenols is 4. The van der Waals surface area contributed by atoms with Crippen LogP contribution in [0.1, 0.15) is 71.7 Å². The van der Waals surface area contributed by atoms with E-state index in [1.807, 2.05) is 0 Å².